The van der Waals surface area contributed by atoms with Gasteiger partial charge in [-0.1, -0.05) is 61.8 Å². The molecule has 5 rings (SSSR count). The van der Waals surface area contributed by atoms with Crippen LogP contribution in [0.5, 0.6) is 0 Å². The van der Waals surface area contributed by atoms with Crippen LogP contribution in [-0.4, -0.2) is 113 Å². The number of fused-ring (bicyclic) bond motifs is 1. The molecule has 0 spiro atoms. The molecule has 5 amide bonds. The minimum Gasteiger partial charge on any atom is -0.455 e. The summed E-state index contributed by atoms with van der Waals surface area (Å²) in [5.41, 5.74) is 6.34. The van der Waals surface area contributed by atoms with Crippen molar-refractivity contribution < 1.29 is 42.6 Å². The van der Waals surface area contributed by atoms with Gasteiger partial charge >= 0.3 is 12.1 Å². The monoisotopic (exact) mass is 954 g/mol. The van der Waals surface area contributed by atoms with Gasteiger partial charge in [-0.25, -0.2) is 24.6 Å². The second-order valence-corrected chi connectivity index (χ2v) is 19.7. The van der Waals surface area contributed by atoms with Gasteiger partial charge in [-0.05, 0) is 98.3 Å². The number of likely N-dealkylation sites (tertiary alicyclic amines) is 1. The normalized spacial score (nSPS) is 19.0. The molecule has 1 saturated heterocycles. The number of ether oxygens (including phenoxy) is 2. The fraction of sp³-hybridized carbons (Fsp3) is 0.511. The summed E-state index contributed by atoms with van der Waals surface area (Å²) < 4.78 is 25.4. The van der Waals surface area contributed by atoms with Gasteiger partial charge in [0, 0.05) is 43.8 Å². The molecule has 2 aliphatic rings. The summed E-state index contributed by atoms with van der Waals surface area (Å²) in [6.07, 6.45) is 3.60. The van der Waals surface area contributed by atoms with E-state index in [0.717, 1.165) is 35.7 Å². The molecular weight excluding hydrogens is 896 g/mol. The highest BCUT2D eigenvalue weighted by Crippen LogP contribution is 2.34. The molecule has 3 heterocycles. The van der Waals surface area contributed by atoms with Crippen LogP contribution in [0.15, 0.2) is 65.2 Å². The predicted molar refractivity (Wildman–Crippen MR) is 248 cm³/mol. The van der Waals surface area contributed by atoms with E-state index in [2.05, 4.69) is 38.0 Å². The Morgan fingerprint density at radius 3 is 2.57 bits per heavy atom. The van der Waals surface area contributed by atoms with Crippen LogP contribution < -0.4 is 21.5 Å². The lowest BCUT2D eigenvalue weighted by Crippen LogP contribution is -2.57. The largest absolute Gasteiger partial charge is 0.455 e. The topological polar surface area (TPSA) is 201 Å². The van der Waals surface area contributed by atoms with Crippen molar-refractivity contribution in [2.45, 2.75) is 114 Å². The molecule has 0 radical (unpaired) electrons. The van der Waals surface area contributed by atoms with E-state index in [1.807, 2.05) is 44.0 Å². The Hall–Kier alpha value is -5.05. The van der Waals surface area contributed by atoms with Gasteiger partial charge < -0.3 is 25.0 Å². The maximum absolute atomic E-state index is 14.5. The summed E-state index contributed by atoms with van der Waals surface area (Å²) in [6.45, 7) is 11.9. The molecule has 0 bridgehead atoms. The lowest BCUT2D eigenvalue weighted by atomic mass is 9.79. The van der Waals surface area contributed by atoms with Gasteiger partial charge in [0.15, 0.2) is 6.10 Å². The number of carbonyl (C=O) groups excluding carboxylic acids is 6. The molecule has 7 atom stereocenters. The third kappa shape index (κ3) is 14.5. The summed E-state index contributed by atoms with van der Waals surface area (Å²) in [4.78, 5) is 92.1. The van der Waals surface area contributed by atoms with Gasteiger partial charge in [-0.3, -0.25) is 34.3 Å². The summed E-state index contributed by atoms with van der Waals surface area (Å²) in [7, 11) is 6.44. The summed E-state index contributed by atoms with van der Waals surface area (Å²) in [5.74, 6) is -3.44. The third-order valence-corrected chi connectivity index (χ3v) is 14.8. The first-order valence-corrected chi connectivity index (χ1v) is 24.8. The van der Waals surface area contributed by atoms with E-state index >= 15 is 0 Å². The molecule has 3 aromatic rings. The number of esters is 1. The molecule has 4 N–H and O–H groups in total. The fourth-order valence-electron chi connectivity index (χ4n) is 7.90. The van der Waals surface area contributed by atoms with Crippen LogP contribution in [0.1, 0.15) is 105 Å². The molecule has 1 aliphatic heterocycles. The molecule has 1 fully saturated rings. The smallest absolute Gasteiger partial charge is 0.426 e. The molecule has 352 valence electrons. The van der Waals surface area contributed by atoms with E-state index in [1.54, 1.807) is 26.2 Å². The standard InChI is InChI=1S/C45H59FN8O8S3/c1-8-27(4)39(50-42(58)35-13-10-12-18-53(35)6)44(59)54(7)36(26(2)3)24-37(62-28(5)55)43-49-34(25-63-43)41(57)48-31-21-29-15-16-30(46)22-32(29)33(23-31)40(56)51-52-45(60)61-19-20-64-65-38-14-9-11-17-47-38/h9,11,14-17,22,25,27,31,33,35-37,39H,2,8,10,12-13,18-21,23-24H2,1,3-7H3,(H,48,57)(H,50,58)(H,51,56)(H,52,60)/t27-,31-,33+,35?,36+,37+,39?/m0/s1. The number of amides is 5. The third-order valence-electron chi connectivity index (χ3n) is 11.6. The second-order valence-electron chi connectivity index (χ2n) is 16.4. The van der Waals surface area contributed by atoms with E-state index in [-0.39, 0.29) is 55.3 Å². The Bertz CT molecular complexity index is 2170. The quantitative estimate of drug-likeness (QED) is 0.0353. The van der Waals surface area contributed by atoms with Crippen LogP contribution in [-0.2, 0) is 35.1 Å². The number of halogens is 1. The summed E-state index contributed by atoms with van der Waals surface area (Å²) >= 11 is 1.11. The zero-order valence-electron chi connectivity index (χ0n) is 37.6. The Morgan fingerprint density at radius 2 is 1.88 bits per heavy atom. The minimum atomic E-state index is -0.962. The number of benzene rings is 1. The van der Waals surface area contributed by atoms with Crippen LogP contribution in [0, 0.1) is 11.7 Å². The molecule has 2 aromatic heterocycles. The Morgan fingerprint density at radius 1 is 1.09 bits per heavy atom. The number of carbonyl (C=O) groups is 6. The van der Waals surface area contributed by atoms with Crippen molar-refractivity contribution in [2.24, 2.45) is 5.92 Å². The number of hydrogen-bond donors (Lipinski definition) is 4. The number of nitrogens with zero attached hydrogens (tertiary/aromatic N) is 4. The van der Waals surface area contributed by atoms with Gasteiger partial charge in [0.05, 0.1) is 18.0 Å². The molecule has 20 heteroatoms. The highest BCUT2D eigenvalue weighted by atomic mass is 33.1. The lowest BCUT2D eigenvalue weighted by Gasteiger charge is -2.37. The van der Waals surface area contributed by atoms with Crippen LogP contribution in [0.25, 0.3) is 0 Å². The van der Waals surface area contributed by atoms with Gasteiger partial charge in [-0.2, -0.15) is 0 Å². The number of likely N-dealkylation sites (N-methyl/N-ethyl adjacent to an activating group) is 2. The van der Waals surface area contributed by atoms with Crippen molar-refractivity contribution in [2.75, 3.05) is 33.0 Å². The zero-order chi connectivity index (χ0) is 47.2. The summed E-state index contributed by atoms with van der Waals surface area (Å²) in [6, 6.07) is 7.31. The van der Waals surface area contributed by atoms with E-state index < -0.39 is 59.8 Å². The first-order valence-electron chi connectivity index (χ1n) is 21.6. The van der Waals surface area contributed by atoms with Crippen molar-refractivity contribution >= 4 is 68.6 Å². The number of rotatable bonds is 19. The van der Waals surface area contributed by atoms with Crippen LogP contribution in [0.3, 0.4) is 0 Å². The maximum Gasteiger partial charge on any atom is 0.426 e. The van der Waals surface area contributed by atoms with Crippen molar-refractivity contribution in [1.29, 1.82) is 0 Å². The number of hydrazine groups is 1. The van der Waals surface area contributed by atoms with Gasteiger partial charge in [0.25, 0.3) is 5.91 Å². The van der Waals surface area contributed by atoms with Gasteiger partial charge in [-0.15, -0.1) is 11.3 Å². The number of aromatic nitrogens is 2. The number of nitrogens with one attached hydrogen (secondary N) is 4. The molecule has 1 aliphatic carbocycles. The molecule has 2 unspecified atom stereocenters. The number of piperidine rings is 1. The van der Waals surface area contributed by atoms with Crippen molar-refractivity contribution in [1.82, 2.24) is 41.3 Å². The maximum atomic E-state index is 14.5. The molecule has 1 aromatic carbocycles. The first-order chi connectivity index (χ1) is 31.1. The SMILES string of the molecule is C=C(C)[C@@H](C[C@@H](OC(C)=O)c1nc(C(=O)N[C@H]2Cc3ccc(F)cc3[C@H](C(=O)NNC(=O)OCCSSc3ccccn3)C2)cs1)N(C)C(=O)C(NC(=O)C1CCCCN1C)[C@@H](C)CC. The number of thiazole rings is 1. The van der Waals surface area contributed by atoms with E-state index in [1.165, 1.54) is 50.9 Å². The van der Waals surface area contributed by atoms with Crippen LogP contribution in [0.2, 0.25) is 0 Å². The number of pyridine rings is 1. The van der Waals surface area contributed by atoms with E-state index in [4.69, 9.17) is 9.47 Å². The summed E-state index contributed by atoms with van der Waals surface area (Å²) in [5, 5.41) is 8.65. The zero-order valence-corrected chi connectivity index (χ0v) is 40.0. The Labute approximate surface area is 391 Å². The average molecular weight is 955 g/mol. The van der Waals surface area contributed by atoms with Crippen molar-refractivity contribution in [3.63, 3.8) is 0 Å². The fourth-order valence-corrected chi connectivity index (χ4v) is 10.4. The minimum absolute atomic E-state index is 0.0394. The highest BCUT2D eigenvalue weighted by molar-refractivity contribution is 8.76. The highest BCUT2D eigenvalue weighted by Gasteiger charge is 2.38. The molecule has 16 nitrogen and oxygen atoms in total. The number of hydrogen-bond acceptors (Lipinski definition) is 14. The molecule has 65 heavy (non-hydrogen) atoms. The van der Waals surface area contributed by atoms with Crippen molar-refractivity contribution in [3.8, 4) is 0 Å². The van der Waals surface area contributed by atoms with E-state index in [9.17, 15) is 33.2 Å². The second kappa shape index (κ2) is 24.5. The van der Waals surface area contributed by atoms with Crippen LogP contribution >= 0.6 is 32.9 Å². The van der Waals surface area contributed by atoms with Gasteiger partial charge in [0.2, 0.25) is 17.7 Å². The van der Waals surface area contributed by atoms with E-state index in [0.29, 0.717) is 40.3 Å². The average Bonchev–Trinajstić information content (AvgIpc) is 3.79. The predicted octanol–water partition coefficient (Wildman–Crippen LogP) is 6.12. The van der Waals surface area contributed by atoms with Gasteiger partial charge in [0.1, 0.15) is 34.2 Å². The molecular formula is C45H59FN8O8S3. The first kappa shape index (κ1) is 50.9. The van der Waals surface area contributed by atoms with Crippen LogP contribution in [0.4, 0.5) is 9.18 Å². The molecule has 0 saturated carbocycles. The van der Waals surface area contributed by atoms with Crippen molar-refractivity contribution in [3.05, 3.63) is 87.8 Å². The Balaban J connectivity index is 1.22. The Kier molecular flexibility index (Phi) is 19.2. The lowest BCUT2D eigenvalue weighted by molar-refractivity contribution is -0.148.